The third-order valence-corrected chi connectivity index (χ3v) is 3.59. The molecule has 1 N–H and O–H groups in total. The summed E-state index contributed by atoms with van der Waals surface area (Å²) in [6.45, 7) is 0.179. The Labute approximate surface area is 156 Å². The molecule has 0 spiro atoms. The third-order valence-electron chi connectivity index (χ3n) is 3.59. The molecule has 0 saturated heterocycles. The summed E-state index contributed by atoms with van der Waals surface area (Å²) in [5, 5.41) is 13.8. The molecule has 1 aromatic carbocycles. The standard InChI is InChI=1S/C16H20N10O/c1-24(2)15-19-13(20-16(21-15)25(3)4)9-17-14(27)11-6-5-7-12(8-11)26-10-18-22-23-26/h5-8,10H,9H2,1-4H3,(H,17,27). The topological polar surface area (TPSA) is 118 Å². The van der Waals surface area contributed by atoms with E-state index in [1.807, 2.05) is 34.3 Å². The smallest absolute Gasteiger partial charge is 0.251 e. The number of carbonyl (C=O) groups excluding carboxylic acids is 1. The molecule has 0 aliphatic rings. The molecule has 140 valence electrons. The average Bonchev–Trinajstić information content (AvgIpc) is 3.20. The van der Waals surface area contributed by atoms with E-state index in [9.17, 15) is 4.79 Å². The van der Waals surface area contributed by atoms with Gasteiger partial charge in [0, 0.05) is 33.8 Å². The van der Waals surface area contributed by atoms with Crippen LogP contribution in [0.4, 0.5) is 11.9 Å². The van der Waals surface area contributed by atoms with Gasteiger partial charge >= 0.3 is 0 Å². The van der Waals surface area contributed by atoms with Gasteiger partial charge in [0.15, 0.2) is 5.82 Å². The minimum atomic E-state index is -0.247. The molecule has 11 nitrogen and oxygen atoms in total. The van der Waals surface area contributed by atoms with Crippen molar-refractivity contribution < 1.29 is 4.79 Å². The predicted molar refractivity (Wildman–Crippen MR) is 98.8 cm³/mol. The van der Waals surface area contributed by atoms with Gasteiger partial charge in [-0.3, -0.25) is 4.79 Å². The summed E-state index contributed by atoms with van der Waals surface area (Å²) in [5.41, 5.74) is 1.18. The van der Waals surface area contributed by atoms with Gasteiger partial charge in [-0.15, -0.1) is 5.10 Å². The van der Waals surface area contributed by atoms with Gasteiger partial charge in [0.2, 0.25) is 11.9 Å². The maximum atomic E-state index is 12.5. The highest BCUT2D eigenvalue weighted by Gasteiger charge is 2.12. The number of aromatic nitrogens is 7. The first-order valence-electron chi connectivity index (χ1n) is 8.15. The third kappa shape index (κ3) is 4.32. The molecule has 0 radical (unpaired) electrons. The lowest BCUT2D eigenvalue weighted by Gasteiger charge is -2.16. The number of hydrogen-bond donors (Lipinski definition) is 1. The summed E-state index contributed by atoms with van der Waals surface area (Å²) in [5.74, 6) is 1.28. The van der Waals surface area contributed by atoms with Crippen LogP contribution in [0.5, 0.6) is 0 Å². The highest BCUT2D eigenvalue weighted by Crippen LogP contribution is 2.11. The summed E-state index contributed by atoms with van der Waals surface area (Å²) < 4.78 is 1.48. The molecular weight excluding hydrogens is 348 g/mol. The van der Waals surface area contributed by atoms with Gasteiger partial charge < -0.3 is 15.1 Å². The second kappa shape index (κ2) is 7.72. The van der Waals surface area contributed by atoms with E-state index < -0.39 is 0 Å². The lowest BCUT2D eigenvalue weighted by atomic mass is 10.2. The van der Waals surface area contributed by atoms with Crippen molar-refractivity contribution in [1.82, 2.24) is 40.5 Å². The van der Waals surface area contributed by atoms with Gasteiger partial charge in [-0.2, -0.15) is 15.0 Å². The zero-order valence-corrected chi connectivity index (χ0v) is 15.5. The molecule has 2 heterocycles. The van der Waals surface area contributed by atoms with Crippen LogP contribution < -0.4 is 15.1 Å². The fourth-order valence-electron chi connectivity index (χ4n) is 2.21. The molecule has 0 aliphatic carbocycles. The van der Waals surface area contributed by atoms with Gasteiger partial charge in [0.1, 0.15) is 6.33 Å². The number of rotatable bonds is 6. The van der Waals surface area contributed by atoms with Crippen molar-refractivity contribution in [2.75, 3.05) is 38.0 Å². The SMILES string of the molecule is CN(C)c1nc(CNC(=O)c2cccc(-n3cnnn3)c2)nc(N(C)C)n1. The number of amides is 1. The van der Waals surface area contributed by atoms with Crippen LogP contribution in [0.15, 0.2) is 30.6 Å². The molecule has 3 rings (SSSR count). The van der Waals surface area contributed by atoms with Crippen molar-refractivity contribution in [3.63, 3.8) is 0 Å². The molecule has 11 heteroatoms. The average molecular weight is 368 g/mol. The Bertz CT molecular complexity index is 896. The number of nitrogens with zero attached hydrogens (tertiary/aromatic N) is 9. The number of anilines is 2. The minimum absolute atomic E-state index is 0.179. The molecule has 0 saturated carbocycles. The normalized spacial score (nSPS) is 10.5. The summed E-state index contributed by atoms with van der Waals surface area (Å²) in [6, 6.07) is 7.00. The summed E-state index contributed by atoms with van der Waals surface area (Å²) in [4.78, 5) is 29.2. The van der Waals surface area contributed by atoms with Crippen molar-refractivity contribution in [2.24, 2.45) is 0 Å². The Kier molecular flexibility index (Phi) is 5.20. The van der Waals surface area contributed by atoms with Crippen molar-refractivity contribution in [3.8, 4) is 5.69 Å². The molecule has 0 unspecified atom stereocenters. The number of benzene rings is 1. The Hall–Kier alpha value is -3.63. The van der Waals surface area contributed by atoms with E-state index in [1.165, 1.54) is 11.0 Å². The van der Waals surface area contributed by atoms with E-state index in [2.05, 4.69) is 35.8 Å². The molecule has 0 atom stereocenters. The predicted octanol–water partition coefficient (Wildman–Crippen LogP) is -0.0907. The first-order valence-corrected chi connectivity index (χ1v) is 8.15. The Morgan fingerprint density at radius 2 is 1.78 bits per heavy atom. The monoisotopic (exact) mass is 368 g/mol. The molecule has 3 aromatic rings. The van der Waals surface area contributed by atoms with Crippen molar-refractivity contribution >= 4 is 17.8 Å². The molecule has 27 heavy (non-hydrogen) atoms. The molecule has 1 amide bonds. The Balaban J connectivity index is 1.75. The summed E-state index contributed by atoms with van der Waals surface area (Å²) in [6.07, 6.45) is 1.47. The fraction of sp³-hybridized carbons (Fsp3) is 0.312. The minimum Gasteiger partial charge on any atom is -0.347 e. The number of carbonyl (C=O) groups is 1. The van der Waals surface area contributed by atoms with E-state index in [0.29, 0.717) is 29.0 Å². The second-order valence-electron chi connectivity index (χ2n) is 6.13. The van der Waals surface area contributed by atoms with E-state index in [0.717, 1.165) is 0 Å². The van der Waals surface area contributed by atoms with Crippen LogP contribution in [0.25, 0.3) is 5.69 Å². The highest BCUT2D eigenvalue weighted by atomic mass is 16.1. The van der Waals surface area contributed by atoms with Crippen molar-refractivity contribution in [3.05, 3.63) is 42.0 Å². The van der Waals surface area contributed by atoms with E-state index >= 15 is 0 Å². The van der Waals surface area contributed by atoms with Crippen LogP contribution in [0, 0.1) is 0 Å². The van der Waals surface area contributed by atoms with Gasteiger partial charge in [0.25, 0.3) is 5.91 Å². The van der Waals surface area contributed by atoms with Crippen molar-refractivity contribution in [2.45, 2.75) is 6.54 Å². The Morgan fingerprint density at radius 3 is 2.37 bits per heavy atom. The maximum absolute atomic E-state index is 12.5. The summed E-state index contributed by atoms with van der Waals surface area (Å²) in [7, 11) is 7.40. The van der Waals surface area contributed by atoms with Gasteiger partial charge in [-0.05, 0) is 28.6 Å². The quantitative estimate of drug-likeness (QED) is 0.637. The summed E-state index contributed by atoms with van der Waals surface area (Å²) >= 11 is 0. The molecular formula is C16H20N10O. The lowest BCUT2D eigenvalue weighted by molar-refractivity contribution is 0.0950. The van der Waals surface area contributed by atoms with E-state index in [4.69, 9.17) is 0 Å². The molecule has 0 aliphatic heterocycles. The van der Waals surface area contributed by atoms with Crippen LogP contribution >= 0.6 is 0 Å². The molecule has 0 bridgehead atoms. The van der Waals surface area contributed by atoms with Crippen LogP contribution in [0.2, 0.25) is 0 Å². The van der Waals surface area contributed by atoms with E-state index in [-0.39, 0.29) is 12.5 Å². The first kappa shape index (κ1) is 18.2. The zero-order valence-electron chi connectivity index (χ0n) is 15.5. The number of nitrogens with one attached hydrogen (secondary N) is 1. The number of tetrazole rings is 1. The second-order valence-corrected chi connectivity index (χ2v) is 6.13. The fourth-order valence-corrected chi connectivity index (χ4v) is 2.21. The van der Waals surface area contributed by atoms with Gasteiger partial charge in [-0.1, -0.05) is 6.07 Å². The van der Waals surface area contributed by atoms with Crippen molar-refractivity contribution in [1.29, 1.82) is 0 Å². The largest absolute Gasteiger partial charge is 0.347 e. The zero-order chi connectivity index (χ0) is 19.4. The molecule has 2 aromatic heterocycles. The lowest BCUT2D eigenvalue weighted by Crippen LogP contribution is -2.26. The van der Waals surface area contributed by atoms with Crippen LogP contribution in [0.3, 0.4) is 0 Å². The van der Waals surface area contributed by atoms with Gasteiger partial charge in [-0.25, -0.2) is 4.68 Å². The van der Waals surface area contributed by atoms with Crippen LogP contribution in [-0.4, -0.2) is 69.3 Å². The van der Waals surface area contributed by atoms with Gasteiger partial charge in [0.05, 0.1) is 12.2 Å². The van der Waals surface area contributed by atoms with Crippen LogP contribution in [-0.2, 0) is 6.54 Å². The Morgan fingerprint density at radius 1 is 1.07 bits per heavy atom. The number of hydrogen-bond acceptors (Lipinski definition) is 9. The molecule has 0 fully saturated rings. The van der Waals surface area contributed by atoms with E-state index in [1.54, 1.807) is 28.0 Å². The first-order chi connectivity index (χ1) is 12.9. The van der Waals surface area contributed by atoms with Crippen LogP contribution in [0.1, 0.15) is 16.2 Å². The highest BCUT2D eigenvalue weighted by molar-refractivity contribution is 5.94. The maximum Gasteiger partial charge on any atom is 0.251 e.